The van der Waals surface area contributed by atoms with E-state index in [1.54, 1.807) is 13.8 Å². The number of ether oxygens (including phenoxy) is 1. The smallest absolute Gasteiger partial charge is 0.310 e. The van der Waals surface area contributed by atoms with Gasteiger partial charge in [0.15, 0.2) is 23.3 Å². The highest BCUT2D eigenvalue weighted by Gasteiger charge is 2.25. The van der Waals surface area contributed by atoms with Gasteiger partial charge in [0, 0.05) is 11.1 Å². The number of esters is 1. The van der Waals surface area contributed by atoms with Gasteiger partial charge in [-0.1, -0.05) is 0 Å². The van der Waals surface area contributed by atoms with Gasteiger partial charge in [-0.3, -0.25) is 4.79 Å². The van der Waals surface area contributed by atoms with Crippen LogP contribution in [0.4, 0.5) is 17.6 Å². The zero-order valence-electron chi connectivity index (χ0n) is 10.1. The lowest BCUT2D eigenvalue weighted by Gasteiger charge is -2.11. The van der Waals surface area contributed by atoms with E-state index < -0.39 is 52.9 Å². The highest BCUT2D eigenvalue weighted by atomic mass is 19.2. The fourth-order valence-corrected chi connectivity index (χ4v) is 1.39. The summed E-state index contributed by atoms with van der Waals surface area (Å²) in [6.45, 7) is 3.99. The van der Waals surface area contributed by atoms with Crippen molar-refractivity contribution in [2.75, 3.05) is 0 Å². The number of hydrogen-bond acceptors (Lipinski definition) is 2. The molecule has 0 saturated carbocycles. The van der Waals surface area contributed by atoms with E-state index in [0.717, 1.165) is 6.92 Å². The molecular weight excluding hydrogens is 252 g/mol. The minimum atomic E-state index is -1.56. The summed E-state index contributed by atoms with van der Waals surface area (Å²) >= 11 is 0. The average Bonchev–Trinajstić information content (AvgIpc) is 2.29. The Morgan fingerprint density at radius 1 is 1.06 bits per heavy atom. The second-order valence-corrected chi connectivity index (χ2v) is 4.07. The number of carbonyl (C=O) groups is 1. The van der Waals surface area contributed by atoms with Gasteiger partial charge in [0.1, 0.15) is 0 Å². The van der Waals surface area contributed by atoms with Crippen LogP contribution in [0.3, 0.4) is 0 Å². The van der Waals surface area contributed by atoms with Crippen LogP contribution in [0.15, 0.2) is 0 Å². The van der Waals surface area contributed by atoms with E-state index >= 15 is 0 Å². The maximum Gasteiger partial charge on any atom is 0.310 e. The van der Waals surface area contributed by atoms with E-state index in [4.69, 9.17) is 0 Å². The van der Waals surface area contributed by atoms with Crippen molar-refractivity contribution < 1.29 is 27.1 Å². The summed E-state index contributed by atoms with van der Waals surface area (Å²) in [5.41, 5.74) is -1.72. The van der Waals surface area contributed by atoms with Crippen molar-refractivity contribution in [3.05, 3.63) is 34.4 Å². The zero-order valence-corrected chi connectivity index (χ0v) is 10.1. The second kappa shape index (κ2) is 5.37. The average molecular weight is 264 g/mol. The maximum absolute atomic E-state index is 13.4. The molecule has 0 amide bonds. The molecular formula is C12H12F4O2. The molecule has 18 heavy (non-hydrogen) atoms. The molecule has 0 aromatic heterocycles. The Labute approximate surface area is 102 Å². The van der Waals surface area contributed by atoms with Gasteiger partial charge in [-0.2, -0.15) is 0 Å². The molecule has 2 nitrogen and oxygen atoms in total. The molecule has 1 aromatic rings. The summed E-state index contributed by atoms with van der Waals surface area (Å²) in [7, 11) is 0. The van der Waals surface area contributed by atoms with E-state index in [1.165, 1.54) is 0 Å². The van der Waals surface area contributed by atoms with Gasteiger partial charge in [-0.25, -0.2) is 17.6 Å². The quantitative estimate of drug-likeness (QED) is 0.476. The van der Waals surface area contributed by atoms with Gasteiger partial charge in [0.05, 0.1) is 12.5 Å². The molecule has 6 heteroatoms. The van der Waals surface area contributed by atoms with Crippen LogP contribution in [0.25, 0.3) is 0 Å². The standard InChI is InChI=1S/C12H12F4O2/c1-5(2)18-8(17)4-7-11(15)9(13)6(3)10(14)12(7)16/h5H,4H2,1-3H3. The molecule has 0 atom stereocenters. The van der Waals surface area contributed by atoms with E-state index in [9.17, 15) is 22.4 Å². The van der Waals surface area contributed by atoms with Crippen molar-refractivity contribution in [2.24, 2.45) is 0 Å². The number of hydrogen-bond donors (Lipinski definition) is 0. The van der Waals surface area contributed by atoms with Crippen molar-refractivity contribution in [1.29, 1.82) is 0 Å². The first-order valence-corrected chi connectivity index (χ1v) is 5.26. The van der Waals surface area contributed by atoms with Crippen LogP contribution in [0, 0.1) is 30.2 Å². The van der Waals surface area contributed by atoms with Crippen LogP contribution in [0.1, 0.15) is 25.0 Å². The lowest BCUT2D eigenvalue weighted by atomic mass is 10.1. The molecule has 0 aliphatic heterocycles. The van der Waals surface area contributed by atoms with Gasteiger partial charge in [0.25, 0.3) is 0 Å². The zero-order chi connectivity index (χ0) is 14.0. The molecule has 0 N–H and O–H groups in total. The first-order chi connectivity index (χ1) is 8.25. The molecule has 0 heterocycles. The molecule has 0 spiro atoms. The van der Waals surface area contributed by atoms with Gasteiger partial charge in [-0.15, -0.1) is 0 Å². The summed E-state index contributed by atoms with van der Waals surface area (Å²) in [6.07, 6.45) is -1.34. The van der Waals surface area contributed by atoms with Crippen molar-refractivity contribution in [2.45, 2.75) is 33.3 Å². The molecule has 0 aliphatic carbocycles. The van der Waals surface area contributed by atoms with Crippen LogP contribution in [-0.2, 0) is 16.0 Å². The lowest BCUT2D eigenvalue weighted by Crippen LogP contribution is -2.17. The predicted octanol–water partition coefficient (Wildman–Crippen LogP) is 3.05. The van der Waals surface area contributed by atoms with Gasteiger partial charge < -0.3 is 4.74 Å². The minimum Gasteiger partial charge on any atom is -0.463 e. The van der Waals surface area contributed by atoms with Crippen LogP contribution in [-0.4, -0.2) is 12.1 Å². The van der Waals surface area contributed by atoms with Crippen molar-refractivity contribution in [1.82, 2.24) is 0 Å². The third kappa shape index (κ3) is 2.80. The summed E-state index contributed by atoms with van der Waals surface area (Å²) < 4.78 is 57.9. The normalized spacial score (nSPS) is 10.9. The maximum atomic E-state index is 13.4. The van der Waals surface area contributed by atoms with Gasteiger partial charge >= 0.3 is 5.97 Å². The Morgan fingerprint density at radius 2 is 1.50 bits per heavy atom. The van der Waals surface area contributed by atoms with Crippen LogP contribution < -0.4 is 0 Å². The predicted molar refractivity (Wildman–Crippen MR) is 55.9 cm³/mol. The SMILES string of the molecule is Cc1c(F)c(F)c(CC(=O)OC(C)C)c(F)c1F. The largest absolute Gasteiger partial charge is 0.463 e. The molecule has 0 fully saturated rings. The van der Waals surface area contributed by atoms with Crippen molar-refractivity contribution in [3.63, 3.8) is 0 Å². The Balaban J connectivity index is 3.14. The van der Waals surface area contributed by atoms with Gasteiger partial charge in [0.2, 0.25) is 0 Å². The summed E-state index contributed by atoms with van der Waals surface area (Å²) in [6, 6.07) is 0. The molecule has 1 aromatic carbocycles. The summed E-state index contributed by atoms with van der Waals surface area (Å²) in [5, 5.41) is 0. The van der Waals surface area contributed by atoms with Crippen LogP contribution in [0.2, 0.25) is 0 Å². The number of benzene rings is 1. The van der Waals surface area contributed by atoms with Crippen molar-refractivity contribution in [3.8, 4) is 0 Å². The van der Waals surface area contributed by atoms with E-state index in [0.29, 0.717) is 0 Å². The third-order valence-corrected chi connectivity index (χ3v) is 2.26. The number of carbonyl (C=O) groups excluding carboxylic acids is 1. The van der Waals surface area contributed by atoms with E-state index in [2.05, 4.69) is 4.74 Å². The monoisotopic (exact) mass is 264 g/mol. The number of halogens is 4. The second-order valence-electron chi connectivity index (χ2n) is 4.07. The highest BCUT2D eigenvalue weighted by molar-refractivity contribution is 5.73. The fraction of sp³-hybridized carbons (Fsp3) is 0.417. The number of rotatable bonds is 3. The molecule has 0 unspecified atom stereocenters. The Kier molecular flexibility index (Phi) is 4.32. The summed E-state index contributed by atoms with van der Waals surface area (Å²) in [4.78, 5) is 11.2. The Hall–Kier alpha value is -1.59. The summed E-state index contributed by atoms with van der Waals surface area (Å²) in [5.74, 6) is -7.08. The molecule has 0 bridgehead atoms. The fourth-order valence-electron chi connectivity index (χ4n) is 1.39. The molecule has 100 valence electrons. The minimum absolute atomic E-state index is 0.483. The molecule has 0 aliphatic rings. The van der Waals surface area contributed by atoms with E-state index in [-0.39, 0.29) is 0 Å². The first-order valence-electron chi connectivity index (χ1n) is 5.26. The molecule has 1 rings (SSSR count). The molecule has 0 saturated heterocycles. The highest BCUT2D eigenvalue weighted by Crippen LogP contribution is 2.24. The first kappa shape index (κ1) is 14.5. The van der Waals surface area contributed by atoms with Crippen LogP contribution >= 0.6 is 0 Å². The molecule has 0 radical (unpaired) electrons. The van der Waals surface area contributed by atoms with E-state index in [1.807, 2.05) is 0 Å². The van der Waals surface area contributed by atoms with Crippen molar-refractivity contribution >= 4 is 5.97 Å². The topological polar surface area (TPSA) is 26.3 Å². The van der Waals surface area contributed by atoms with Gasteiger partial charge in [-0.05, 0) is 20.8 Å². The van der Waals surface area contributed by atoms with Crippen LogP contribution in [0.5, 0.6) is 0 Å². The Bertz CT molecular complexity index is 454. The Morgan fingerprint density at radius 3 is 1.89 bits per heavy atom. The lowest BCUT2D eigenvalue weighted by molar-refractivity contribution is -0.146. The third-order valence-electron chi connectivity index (χ3n) is 2.26.